The average Bonchev–Trinajstić information content (AvgIpc) is 3.10. The summed E-state index contributed by atoms with van der Waals surface area (Å²) in [6, 6.07) is 3.46. The van der Waals surface area contributed by atoms with Gasteiger partial charge >= 0.3 is 0 Å². The number of amides is 1. The summed E-state index contributed by atoms with van der Waals surface area (Å²) in [5.41, 5.74) is 0.579. The van der Waals surface area contributed by atoms with Crippen LogP contribution in [0.25, 0.3) is 0 Å². The molecular weight excluding hydrogens is 294 g/mol. The van der Waals surface area contributed by atoms with Gasteiger partial charge in [0.2, 0.25) is 5.88 Å². The average molecular weight is 315 g/mol. The Morgan fingerprint density at radius 2 is 2.35 bits per heavy atom. The molecule has 3 rings (SSSR count). The highest BCUT2D eigenvalue weighted by atomic mass is 16.5. The summed E-state index contributed by atoms with van der Waals surface area (Å²) in [4.78, 5) is 23.1. The maximum absolute atomic E-state index is 12.6. The summed E-state index contributed by atoms with van der Waals surface area (Å²) in [6.45, 7) is 3.44. The molecule has 0 unspecified atom stereocenters. The summed E-state index contributed by atoms with van der Waals surface area (Å²) < 4.78 is 5.03. The molecular formula is C16H21N5O2. The van der Waals surface area contributed by atoms with E-state index < -0.39 is 0 Å². The highest BCUT2D eigenvalue weighted by Gasteiger charge is 2.28. The molecule has 0 aliphatic carbocycles. The molecule has 3 heterocycles. The first-order valence-electron chi connectivity index (χ1n) is 7.91. The number of likely N-dealkylation sites (tertiary alicyclic amines) is 1. The maximum atomic E-state index is 12.6. The number of carbonyl (C=O) groups is 1. The van der Waals surface area contributed by atoms with E-state index in [9.17, 15) is 4.79 Å². The van der Waals surface area contributed by atoms with Crippen molar-refractivity contribution in [3.8, 4) is 5.88 Å². The Morgan fingerprint density at radius 3 is 3.00 bits per heavy atom. The van der Waals surface area contributed by atoms with Crippen LogP contribution >= 0.6 is 0 Å². The van der Waals surface area contributed by atoms with Gasteiger partial charge in [-0.15, -0.1) is 0 Å². The third-order valence-corrected chi connectivity index (χ3v) is 4.15. The SMILES string of the molecule is CCc1nc([C@@H]2CCCN(C(=O)c3ccc(OC)nc3)C2)n[nH]1. The number of rotatable bonds is 4. The van der Waals surface area contributed by atoms with Crippen molar-refractivity contribution in [2.75, 3.05) is 20.2 Å². The number of nitrogens with one attached hydrogen (secondary N) is 1. The third-order valence-electron chi connectivity index (χ3n) is 4.15. The largest absolute Gasteiger partial charge is 0.481 e. The zero-order valence-electron chi connectivity index (χ0n) is 13.5. The number of nitrogens with zero attached hydrogens (tertiary/aromatic N) is 4. The smallest absolute Gasteiger partial charge is 0.255 e. The molecule has 122 valence electrons. The number of aromatic nitrogens is 4. The number of H-pyrrole nitrogens is 1. The molecule has 0 saturated carbocycles. The summed E-state index contributed by atoms with van der Waals surface area (Å²) >= 11 is 0. The Balaban J connectivity index is 1.70. The molecule has 0 spiro atoms. The number of methoxy groups -OCH3 is 1. The first-order valence-corrected chi connectivity index (χ1v) is 7.91. The van der Waals surface area contributed by atoms with Gasteiger partial charge in [0, 0.05) is 37.7 Å². The van der Waals surface area contributed by atoms with E-state index in [1.807, 2.05) is 11.8 Å². The summed E-state index contributed by atoms with van der Waals surface area (Å²) in [6.07, 6.45) is 4.36. The van der Waals surface area contributed by atoms with Crippen LogP contribution < -0.4 is 4.74 Å². The van der Waals surface area contributed by atoms with Crippen molar-refractivity contribution in [1.82, 2.24) is 25.1 Å². The van der Waals surface area contributed by atoms with Crippen LogP contribution in [0, 0.1) is 0 Å². The van der Waals surface area contributed by atoms with E-state index >= 15 is 0 Å². The quantitative estimate of drug-likeness (QED) is 0.930. The highest BCUT2D eigenvalue weighted by Crippen LogP contribution is 2.25. The molecule has 1 aliphatic rings. The molecule has 1 aliphatic heterocycles. The zero-order valence-corrected chi connectivity index (χ0v) is 13.5. The molecule has 7 nitrogen and oxygen atoms in total. The Morgan fingerprint density at radius 1 is 1.48 bits per heavy atom. The van der Waals surface area contributed by atoms with Gasteiger partial charge < -0.3 is 9.64 Å². The minimum Gasteiger partial charge on any atom is -0.481 e. The van der Waals surface area contributed by atoms with Crippen molar-refractivity contribution in [1.29, 1.82) is 0 Å². The van der Waals surface area contributed by atoms with Gasteiger partial charge in [-0.2, -0.15) is 5.10 Å². The normalized spacial score (nSPS) is 18.0. The number of carbonyl (C=O) groups excluding carboxylic acids is 1. The van der Waals surface area contributed by atoms with E-state index in [1.54, 1.807) is 25.4 Å². The summed E-state index contributed by atoms with van der Waals surface area (Å²) in [5, 5.41) is 7.25. The van der Waals surface area contributed by atoms with Crippen LogP contribution in [-0.4, -0.2) is 51.2 Å². The lowest BCUT2D eigenvalue weighted by Crippen LogP contribution is -2.39. The van der Waals surface area contributed by atoms with Crippen LogP contribution in [0.3, 0.4) is 0 Å². The molecule has 2 aromatic rings. The van der Waals surface area contributed by atoms with Crippen molar-refractivity contribution in [3.05, 3.63) is 35.5 Å². The molecule has 7 heteroatoms. The molecule has 0 bridgehead atoms. The van der Waals surface area contributed by atoms with Gasteiger partial charge in [0.1, 0.15) is 5.82 Å². The van der Waals surface area contributed by atoms with Gasteiger partial charge in [0.05, 0.1) is 12.7 Å². The van der Waals surface area contributed by atoms with Crippen LogP contribution in [0.1, 0.15) is 47.7 Å². The molecule has 1 fully saturated rings. The topological polar surface area (TPSA) is 84.0 Å². The second-order valence-electron chi connectivity index (χ2n) is 5.67. The van der Waals surface area contributed by atoms with Gasteiger partial charge in [-0.3, -0.25) is 9.89 Å². The maximum Gasteiger partial charge on any atom is 0.255 e. The van der Waals surface area contributed by atoms with E-state index in [-0.39, 0.29) is 11.8 Å². The Kier molecular flexibility index (Phi) is 4.55. The highest BCUT2D eigenvalue weighted by molar-refractivity contribution is 5.94. The summed E-state index contributed by atoms with van der Waals surface area (Å²) in [7, 11) is 1.56. The van der Waals surface area contributed by atoms with Gasteiger partial charge in [-0.1, -0.05) is 6.92 Å². The van der Waals surface area contributed by atoms with Crippen LogP contribution in [0.2, 0.25) is 0 Å². The summed E-state index contributed by atoms with van der Waals surface area (Å²) in [5.74, 6) is 2.40. The van der Waals surface area contributed by atoms with Crippen molar-refractivity contribution >= 4 is 5.91 Å². The van der Waals surface area contributed by atoms with Crippen molar-refractivity contribution < 1.29 is 9.53 Å². The van der Waals surface area contributed by atoms with Crippen LogP contribution in [-0.2, 0) is 6.42 Å². The van der Waals surface area contributed by atoms with Gasteiger partial charge in [-0.25, -0.2) is 9.97 Å². The van der Waals surface area contributed by atoms with Crippen molar-refractivity contribution in [3.63, 3.8) is 0 Å². The molecule has 1 atom stereocenters. The Hall–Kier alpha value is -2.44. The number of ether oxygens (including phenoxy) is 1. The van der Waals surface area contributed by atoms with Gasteiger partial charge in [0.25, 0.3) is 5.91 Å². The number of aryl methyl sites for hydroxylation is 1. The number of piperidine rings is 1. The van der Waals surface area contributed by atoms with E-state index in [1.165, 1.54) is 0 Å². The predicted octanol–water partition coefficient (Wildman–Crippen LogP) is 1.79. The lowest BCUT2D eigenvalue weighted by Gasteiger charge is -2.31. The molecule has 2 aromatic heterocycles. The Labute approximate surface area is 135 Å². The van der Waals surface area contributed by atoms with Crippen LogP contribution in [0.15, 0.2) is 18.3 Å². The fourth-order valence-electron chi connectivity index (χ4n) is 2.83. The number of hydrogen-bond acceptors (Lipinski definition) is 5. The number of pyridine rings is 1. The van der Waals surface area contributed by atoms with E-state index in [0.717, 1.165) is 37.5 Å². The minimum absolute atomic E-state index is 0.00361. The number of aromatic amines is 1. The Bertz CT molecular complexity index is 667. The van der Waals surface area contributed by atoms with Crippen molar-refractivity contribution in [2.24, 2.45) is 0 Å². The van der Waals surface area contributed by atoms with E-state index in [2.05, 4.69) is 20.2 Å². The molecule has 1 amide bonds. The monoisotopic (exact) mass is 315 g/mol. The second kappa shape index (κ2) is 6.76. The first-order chi connectivity index (χ1) is 11.2. The van der Waals surface area contributed by atoms with Gasteiger partial charge in [-0.05, 0) is 18.9 Å². The predicted molar refractivity (Wildman–Crippen MR) is 84.4 cm³/mol. The lowest BCUT2D eigenvalue weighted by molar-refractivity contribution is 0.0704. The number of hydrogen-bond donors (Lipinski definition) is 1. The van der Waals surface area contributed by atoms with Crippen molar-refractivity contribution in [2.45, 2.75) is 32.1 Å². The fourth-order valence-corrected chi connectivity index (χ4v) is 2.83. The fraction of sp³-hybridized carbons (Fsp3) is 0.500. The first kappa shape index (κ1) is 15.5. The molecule has 23 heavy (non-hydrogen) atoms. The van der Waals surface area contributed by atoms with E-state index in [0.29, 0.717) is 18.0 Å². The zero-order chi connectivity index (χ0) is 16.2. The molecule has 0 radical (unpaired) electrons. The van der Waals surface area contributed by atoms with E-state index in [4.69, 9.17) is 4.74 Å². The minimum atomic E-state index is -0.00361. The molecule has 1 N–H and O–H groups in total. The van der Waals surface area contributed by atoms with Gasteiger partial charge in [0.15, 0.2) is 5.82 Å². The molecule has 1 saturated heterocycles. The van der Waals surface area contributed by atoms with Crippen LogP contribution in [0.5, 0.6) is 5.88 Å². The van der Waals surface area contributed by atoms with Crippen LogP contribution in [0.4, 0.5) is 0 Å². The lowest BCUT2D eigenvalue weighted by atomic mass is 9.97. The standard InChI is InChI=1S/C16H21N5O2/c1-3-13-18-15(20-19-13)12-5-4-8-21(10-12)16(22)11-6-7-14(23-2)17-9-11/h6-7,9,12H,3-5,8,10H2,1-2H3,(H,18,19,20)/t12-/m1/s1. The molecule has 0 aromatic carbocycles. The third kappa shape index (κ3) is 3.33. The second-order valence-corrected chi connectivity index (χ2v) is 5.67.